The number of rotatable bonds is 2. The van der Waals surface area contributed by atoms with Gasteiger partial charge in [0.15, 0.2) is 5.78 Å². The van der Waals surface area contributed by atoms with Gasteiger partial charge < -0.3 is 4.90 Å². The van der Waals surface area contributed by atoms with E-state index in [1.54, 1.807) is 0 Å². The third-order valence-electron chi connectivity index (χ3n) is 6.29. The zero-order valence-corrected chi connectivity index (χ0v) is 14.3. The summed E-state index contributed by atoms with van der Waals surface area (Å²) in [5.74, 6) is 0.531. The predicted octanol–water partition coefficient (Wildman–Crippen LogP) is 2.20. The van der Waals surface area contributed by atoms with Crippen LogP contribution >= 0.6 is 0 Å². The van der Waals surface area contributed by atoms with Gasteiger partial charge >= 0.3 is 0 Å². The SMILES string of the molecule is CN1CCC2(C#N)C(C1)C1CN(C)C2C=C1C(=O)c1ccccc1. The molecule has 3 aliphatic heterocycles. The van der Waals surface area contributed by atoms with E-state index in [-0.39, 0.29) is 29.1 Å². The van der Waals surface area contributed by atoms with E-state index in [1.807, 2.05) is 30.3 Å². The Kier molecular flexibility index (Phi) is 3.59. The van der Waals surface area contributed by atoms with Crippen LogP contribution in [0.2, 0.25) is 0 Å². The lowest BCUT2D eigenvalue weighted by Crippen LogP contribution is -2.66. The molecule has 0 amide bonds. The third-order valence-corrected chi connectivity index (χ3v) is 6.29. The Labute approximate surface area is 143 Å². The van der Waals surface area contributed by atoms with Crippen molar-refractivity contribution < 1.29 is 4.79 Å². The van der Waals surface area contributed by atoms with Crippen LogP contribution in [-0.2, 0) is 0 Å². The van der Waals surface area contributed by atoms with Crippen molar-refractivity contribution in [1.82, 2.24) is 9.80 Å². The average Bonchev–Trinajstić information content (AvgIpc) is 2.62. The summed E-state index contributed by atoms with van der Waals surface area (Å²) in [6, 6.07) is 12.3. The van der Waals surface area contributed by atoms with Gasteiger partial charge in [0.25, 0.3) is 0 Å². The summed E-state index contributed by atoms with van der Waals surface area (Å²) in [6.07, 6.45) is 2.99. The quantitative estimate of drug-likeness (QED) is 0.784. The fraction of sp³-hybridized carbons (Fsp3) is 0.500. The lowest BCUT2D eigenvalue weighted by molar-refractivity contribution is -0.0522. The van der Waals surface area contributed by atoms with Crippen LogP contribution in [0.4, 0.5) is 0 Å². The van der Waals surface area contributed by atoms with Crippen molar-refractivity contribution in [3.8, 4) is 6.07 Å². The molecule has 0 spiro atoms. The first-order chi connectivity index (χ1) is 11.6. The minimum atomic E-state index is -0.343. The first kappa shape index (κ1) is 15.6. The van der Waals surface area contributed by atoms with Crippen LogP contribution < -0.4 is 0 Å². The Morgan fingerprint density at radius 3 is 2.71 bits per heavy atom. The van der Waals surface area contributed by atoms with E-state index < -0.39 is 0 Å². The molecule has 5 rings (SSSR count). The highest BCUT2D eigenvalue weighted by molar-refractivity contribution is 6.09. The molecule has 0 N–H and O–H groups in total. The standard InChI is InChI=1S/C20H23N3O/c1-22-9-8-20(13-21)17(12-22)16-11-23(2)18(20)10-15(16)19(24)14-6-4-3-5-7-14/h3-7,10,16-18H,8-9,11-12H2,1-2H3. The molecular weight excluding hydrogens is 298 g/mol. The number of likely N-dealkylation sites (N-methyl/N-ethyl adjacent to an activating group) is 1. The van der Waals surface area contributed by atoms with Gasteiger partial charge in [-0.05, 0) is 27.1 Å². The number of nitrogens with zero attached hydrogens (tertiary/aromatic N) is 3. The van der Waals surface area contributed by atoms with Crippen molar-refractivity contribution in [2.24, 2.45) is 17.3 Å². The van der Waals surface area contributed by atoms with Gasteiger partial charge in [0.2, 0.25) is 0 Å². The van der Waals surface area contributed by atoms with Gasteiger partial charge in [-0.2, -0.15) is 5.26 Å². The van der Waals surface area contributed by atoms with E-state index in [0.29, 0.717) is 0 Å². The topological polar surface area (TPSA) is 47.3 Å². The first-order valence-corrected chi connectivity index (χ1v) is 8.68. The Balaban J connectivity index is 1.78. The van der Waals surface area contributed by atoms with Gasteiger partial charge in [0.05, 0.1) is 11.5 Å². The number of nitriles is 1. The van der Waals surface area contributed by atoms with Crippen LogP contribution in [0.3, 0.4) is 0 Å². The van der Waals surface area contributed by atoms with Crippen molar-refractivity contribution in [1.29, 1.82) is 5.26 Å². The fourth-order valence-corrected chi connectivity index (χ4v) is 5.04. The average molecular weight is 321 g/mol. The molecule has 124 valence electrons. The molecular formula is C20H23N3O. The van der Waals surface area contributed by atoms with Gasteiger partial charge in [-0.1, -0.05) is 36.4 Å². The zero-order valence-electron chi connectivity index (χ0n) is 14.3. The Morgan fingerprint density at radius 1 is 1.25 bits per heavy atom. The number of carbonyl (C=O) groups excluding carboxylic acids is 1. The minimum absolute atomic E-state index is 0.0499. The minimum Gasteiger partial charge on any atom is -0.306 e. The number of piperidine rings is 2. The second-order valence-corrected chi connectivity index (χ2v) is 7.58. The highest BCUT2D eigenvalue weighted by atomic mass is 16.1. The second-order valence-electron chi connectivity index (χ2n) is 7.58. The van der Waals surface area contributed by atoms with Gasteiger partial charge in [-0.25, -0.2) is 0 Å². The monoisotopic (exact) mass is 321 g/mol. The molecule has 0 radical (unpaired) electrons. The second kappa shape index (κ2) is 5.54. The molecule has 2 fully saturated rings. The lowest BCUT2D eigenvalue weighted by Gasteiger charge is -2.59. The third kappa shape index (κ3) is 2.08. The molecule has 0 aromatic heterocycles. The van der Waals surface area contributed by atoms with Crippen LogP contribution in [0.15, 0.2) is 42.0 Å². The van der Waals surface area contributed by atoms with E-state index in [4.69, 9.17) is 0 Å². The van der Waals surface area contributed by atoms with Crippen LogP contribution in [-0.4, -0.2) is 55.4 Å². The smallest absolute Gasteiger partial charge is 0.189 e. The first-order valence-electron chi connectivity index (χ1n) is 8.68. The fourth-order valence-electron chi connectivity index (χ4n) is 5.04. The summed E-state index contributed by atoms with van der Waals surface area (Å²) in [4.78, 5) is 17.6. The Hall–Kier alpha value is -1.96. The Bertz CT molecular complexity index is 735. The number of Topliss-reactive ketones (excluding diaryl/α,β-unsaturated/α-hetero) is 1. The van der Waals surface area contributed by atoms with Gasteiger partial charge in [0.1, 0.15) is 0 Å². The number of benzene rings is 1. The van der Waals surface area contributed by atoms with Crippen molar-refractivity contribution in [3.63, 3.8) is 0 Å². The summed E-state index contributed by atoms with van der Waals surface area (Å²) in [7, 11) is 4.21. The normalized spacial score (nSPS) is 35.9. The van der Waals surface area contributed by atoms with E-state index >= 15 is 0 Å². The molecule has 1 aliphatic carbocycles. The van der Waals surface area contributed by atoms with E-state index in [9.17, 15) is 10.1 Å². The molecule has 1 aromatic rings. The lowest BCUT2D eigenvalue weighted by atomic mass is 9.53. The van der Waals surface area contributed by atoms with Gasteiger partial charge in [-0.15, -0.1) is 0 Å². The zero-order chi connectivity index (χ0) is 16.9. The molecule has 1 aromatic carbocycles. The molecule has 4 aliphatic rings. The van der Waals surface area contributed by atoms with Crippen molar-refractivity contribution >= 4 is 5.78 Å². The largest absolute Gasteiger partial charge is 0.306 e. The maximum Gasteiger partial charge on any atom is 0.189 e. The van der Waals surface area contributed by atoms with Crippen LogP contribution in [0.1, 0.15) is 16.8 Å². The summed E-state index contributed by atoms with van der Waals surface area (Å²) < 4.78 is 0. The van der Waals surface area contributed by atoms with Crippen molar-refractivity contribution in [3.05, 3.63) is 47.5 Å². The summed E-state index contributed by atoms with van der Waals surface area (Å²) in [5.41, 5.74) is 1.34. The van der Waals surface area contributed by atoms with Crippen LogP contribution in [0.25, 0.3) is 0 Å². The molecule has 2 bridgehead atoms. The molecule has 4 unspecified atom stereocenters. The molecule has 4 heteroatoms. The van der Waals surface area contributed by atoms with E-state index in [2.05, 4.69) is 36.0 Å². The molecule has 0 saturated carbocycles. The highest BCUT2D eigenvalue weighted by Gasteiger charge is 2.59. The van der Waals surface area contributed by atoms with E-state index in [1.165, 1.54) is 0 Å². The van der Waals surface area contributed by atoms with E-state index in [0.717, 1.165) is 37.2 Å². The van der Waals surface area contributed by atoms with Crippen molar-refractivity contribution in [2.75, 3.05) is 33.7 Å². The Morgan fingerprint density at radius 2 is 2.00 bits per heavy atom. The summed E-state index contributed by atoms with van der Waals surface area (Å²) in [6.45, 7) is 2.73. The number of likely N-dealkylation sites (tertiary alicyclic amines) is 1. The van der Waals surface area contributed by atoms with Crippen LogP contribution in [0, 0.1) is 28.6 Å². The number of ketones is 1. The molecule has 24 heavy (non-hydrogen) atoms. The molecule has 2 saturated heterocycles. The number of hydrogen-bond donors (Lipinski definition) is 0. The number of fused-ring (bicyclic) bond motifs is 1. The number of hydrogen-bond acceptors (Lipinski definition) is 4. The summed E-state index contributed by atoms with van der Waals surface area (Å²) >= 11 is 0. The van der Waals surface area contributed by atoms with Gasteiger partial charge in [-0.3, -0.25) is 9.69 Å². The van der Waals surface area contributed by atoms with Gasteiger partial charge in [0, 0.05) is 42.1 Å². The maximum absolute atomic E-state index is 13.1. The van der Waals surface area contributed by atoms with Crippen molar-refractivity contribution in [2.45, 2.75) is 12.5 Å². The van der Waals surface area contributed by atoms with Crippen LogP contribution in [0.5, 0.6) is 0 Å². The number of carbonyl (C=O) groups is 1. The molecule has 4 atom stereocenters. The summed E-state index contributed by atoms with van der Waals surface area (Å²) in [5, 5.41) is 10.0. The predicted molar refractivity (Wildman–Crippen MR) is 92.4 cm³/mol. The molecule has 3 heterocycles. The molecule has 4 nitrogen and oxygen atoms in total. The maximum atomic E-state index is 13.1. The highest BCUT2D eigenvalue weighted by Crippen LogP contribution is 2.54.